The highest BCUT2D eigenvalue weighted by atomic mass is 35.5. The van der Waals surface area contributed by atoms with Crippen molar-refractivity contribution in [3.8, 4) is 0 Å². The Morgan fingerprint density at radius 2 is 1.74 bits per heavy atom. The van der Waals surface area contributed by atoms with Crippen molar-refractivity contribution in [1.82, 2.24) is 9.71 Å². The third-order valence-corrected chi connectivity index (χ3v) is 6.59. The molecule has 0 unspecified atom stereocenters. The van der Waals surface area contributed by atoms with Crippen LogP contribution in [0.15, 0.2) is 47.4 Å². The lowest BCUT2D eigenvalue weighted by atomic mass is 9.87. The van der Waals surface area contributed by atoms with Gasteiger partial charge in [-0.05, 0) is 48.1 Å². The van der Waals surface area contributed by atoms with Crippen molar-refractivity contribution in [1.29, 1.82) is 0 Å². The molecule has 2 aromatic carbocycles. The molecule has 27 heavy (non-hydrogen) atoms. The second-order valence-corrected chi connectivity index (χ2v) is 9.99. The Hall–Kier alpha value is -1.82. The number of benzene rings is 2. The SMILES string of the molecule is Cc1[nH]c2c(Cl)cccc2c1CCNS(=O)(=O)c1ccc(C(C)(C)C)cc1. The monoisotopic (exact) mass is 404 g/mol. The Morgan fingerprint density at radius 1 is 1.07 bits per heavy atom. The number of halogens is 1. The molecule has 4 nitrogen and oxygen atoms in total. The number of aromatic nitrogens is 1. The molecule has 0 amide bonds. The molecule has 0 atom stereocenters. The predicted octanol–water partition coefficient (Wildman–Crippen LogP) is 4.95. The van der Waals surface area contributed by atoms with E-state index in [1.807, 2.05) is 37.3 Å². The maximum absolute atomic E-state index is 12.6. The van der Waals surface area contributed by atoms with E-state index in [1.54, 1.807) is 12.1 Å². The van der Waals surface area contributed by atoms with E-state index < -0.39 is 10.0 Å². The van der Waals surface area contributed by atoms with Gasteiger partial charge < -0.3 is 4.98 Å². The molecule has 2 N–H and O–H groups in total. The van der Waals surface area contributed by atoms with Gasteiger partial charge in [0.1, 0.15) is 0 Å². The second-order valence-electron chi connectivity index (χ2n) is 7.81. The van der Waals surface area contributed by atoms with Crippen LogP contribution in [0, 0.1) is 6.92 Å². The lowest BCUT2D eigenvalue weighted by Gasteiger charge is -2.19. The molecule has 0 spiro atoms. The lowest BCUT2D eigenvalue weighted by Crippen LogP contribution is -2.26. The summed E-state index contributed by atoms with van der Waals surface area (Å²) in [5, 5.41) is 1.70. The van der Waals surface area contributed by atoms with Crippen molar-refractivity contribution < 1.29 is 8.42 Å². The fourth-order valence-corrected chi connectivity index (χ4v) is 4.47. The zero-order chi connectivity index (χ0) is 19.8. The number of fused-ring (bicyclic) bond motifs is 1. The third-order valence-electron chi connectivity index (χ3n) is 4.80. The summed E-state index contributed by atoms with van der Waals surface area (Å²) in [7, 11) is -3.54. The van der Waals surface area contributed by atoms with Gasteiger partial charge in [0.25, 0.3) is 0 Å². The van der Waals surface area contributed by atoms with Crippen molar-refractivity contribution in [2.45, 2.75) is 44.4 Å². The summed E-state index contributed by atoms with van der Waals surface area (Å²) in [6.45, 7) is 8.61. The number of aromatic amines is 1. The van der Waals surface area contributed by atoms with Crippen molar-refractivity contribution in [2.75, 3.05) is 6.54 Å². The highest BCUT2D eigenvalue weighted by Gasteiger charge is 2.18. The van der Waals surface area contributed by atoms with E-state index in [2.05, 4.69) is 30.5 Å². The van der Waals surface area contributed by atoms with Gasteiger partial charge in [0.15, 0.2) is 0 Å². The van der Waals surface area contributed by atoms with Crippen molar-refractivity contribution in [3.05, 3.63) is 64.3 Å². The summed E-state index contributed by atoms with van der Waals surface area (Å²) in [6.07, 6.45) is 0.589. The normalized spacial score (nSPS) is 12.6. The Kier molecular flexibility index (Phi) is 5.39. The lowest BCUT2D eigenvalue weighted by molar-refractivity contribution is 0.578. The van der Waals surface area contributed by atoms with Gasteiger partial charge in [0, 0.05) is 17.6 Å². The van der Waals surface area contributed by atoms with Crippen LogP contribution in [0.1, 0.15) is 37.6 Å². The Labute approximate surface area is 166 Å². The molecule has 0 radical (unpaired) electrons. The van der Waals surface area contributed by atoms with Gasteiger partial charge in [0.05, 0.1) is 15.4 Å². The van der Waals surface area contributed by atoms with Gasteiger partial charge in [-0.3, -0.25) is 0 Å². The zero-order valence-electron chi connectivity index (χ0n) is 16.1. The van der Waals surface area contributed by atoms with Gasteiger partial charge >= 0.3 is 0 Å². The molecule has 0 bridgehead atoms. The molecule has 1 aromatic heterocycles. The molecule has 144 valence electrons. The number of H-pyrrole nitrogens is 1. The van der Waals surface area contributed by atoms with Crippen LogP contribution < -0.4 is 4.72 Å². The number of hydrogen-bond acceptors (Lipinski definition) is 2. The standard InChI is InChI=1S/C21H25ClN2O2S/c1-14-17(18-6-5-7-19(22)20(18)24-14)12-13-23-27(25,26)16-10-8-15(9-11-16)21(2,3)4/h5-11,23-24H,12-13H2,1-4H3. The summed E-state index contributed by atoms with van der Waals surface area (Å²) in [5.41, 5.74) is 4.08. The molecule has 0 aliphatic rings. The van der Waals surface area contributed by atoms with Gasteiger partial charge in [-0.1, -0.05) is 56.6 Å². The van der Waals surface area contributed by atoms with E-state index in [0.29, 0.717) is 18.0 Å². The predicted molar refractivity (Wildman–Crippen MR) is 112 cm³/mol. The number of hydrogen-bond donors (Lipinski definition) is 2. The minimum atomic E-state index is -3.54. The second kappa shape index (κ2) is 7.30. The first-order valence-electron chi connectivity index (χ1n) is 8.95. The highest BCUT2D eigenvalue weighted by molar-refractivity contribution is 7.89. The summed E-state index contributed by atoms with van der Waals surface area (Å²) < 4.78 is 27.9. The first-order valence-corrected chi connectivity index (χ1v) is 10.8. The Balaban J connectivity index is 1.73. The van der Waals surface area contributed by atoms with E-state index in [4.69, 9.17) is 11.6 Å². The van der Waals surface area contributed by atoms with Crippen molar-refractivity contribution in [2.24, 2.45) is 0 Å². The van der Waals surface area contributed by atoms with Crippen LogP contribution in [-0.4, -0.2) is 19.9 Å². The number of rotatable bonds is 5. The number of sulfonamides is 1. The van der Waals surface area contributed by atoms with E-state index in [0.717, 1.165) is 27.7 Å². The van der Waals surface area contributed by atoms with Gasteiger partial charge in [-0.15, -0.1) is 0 Å². The molecular formula is C21H25ClN2O2S. The smallest absolute Gasteiger partial charge is 0.240 e. The van der Waals surface area contributed by atoms with Crippen LogP contribution in [0.3, 0.4) is 0 Å². The van der Waals surface area contributed by atoms with Crippen molar-refractivity contribution >= 4 is 32.5 Å². The first kappa shape index (κ1) is 19.9. The summed E-state index contributed by atoms with van der Waals surface area (Å²) in [4.78, 5) is 3.57. The van der Waals surface area contributed by atoms with E-state index >= 15 is 0 Å². The molecule has 3 aromatic rings. The summed E-state index contributed by atoms with van der Waals surface area (Å²) in [6, 6.07) is 12.8. The van der Waals surface area contributed by atoms with Gasteiger partial charge in [0.2, 0.25) is 10.0 Å². The van der Waals surface area contributed by atoms with Gasteiger partial charge in [-0.25, -0.2) is 13.1 Å². The zero-order valence-corrected chi connectivity index (χ0v) is 17.6. The van der Waals surface area contributed by atoms with Crippen LogP contribution in [0.25, 0.3) is 10.9 Å². The van der Waals surface area contributed by atoms with Gasteiger partial charge in [-0.2, -0.15) is 0 Å². The molecule has 6 heteroatoms. The fourth-order valence-electron chi connectivity index (χ4n) is 3.22. The maximum Gasteiger partial charge on any atom is 0.240 e. The molecule has 0 fully saturated rings. The average Bonchev–Trinajstić information content (AvgIpc) is 2.92. The molecule has 3 rings (SSSR count). The molecule has 0 aliphatic carbocycles. The number of nitrogens with one attached hydrogen (secondary N) is 2. The molecule has 0 saturated carbocycles. The van der Waals surface area contributed by atoms with Crippen LogP contribution in [0.5, 0.6) is 0 Å². The summed E-state index contributed by atoms with van der Waals surface area (Å²) >= 11 is 6.23. The van der Waals surface area contributed by atoms with E-state index in [1.165, 1.54) is 0 Å². The van der Waals surface area contributed by atoms with E-state index in [9.17, 15) is 8.42 Å². The van der Waals surface area contributed by atoms with Crippen molar-refractivity contribution in [3.63, 3.8) is 0 Å². The maximum atomic E-state index is 12.6. The molecule has 0 aliphatic heterocycles. The topological polar surface area (TPSA) is 62.0 Å². The minimum absolute atomic E-state index is 0.0101. The fraction of sp³-hybridized carbons (Fsp3) is 0.333. The van der Waals surface area contributed by atoms with Crippen LogP contribution in [0.4, 0.5) is 0 Å². The minimum Gasteiger partial charge on any atom is -0.357 e. The quantitative estimate of drug-likeness (QED) is 0.632. The Morgan fingerprint density at radius 3 is 2.37 bits per heavy atom. The van der Waals surface area contributed by atoms with Crippen LogP contribution in [0.2, 0.25) is 5.02 Å². The molecule has 0 saturated heterocycles. The molecule has 1 heterocycles. The number of aryl methyl sites for hydroxylation is 1. The Bertz CT molecular complexity index is 1060. The third kappa shape index (κ3) is 4.21. The first-order chi connectivity index (χ1) is 12.6. The van der Waals surface area contributed by atoms with Crippen LogP contribution >= 0.6 is 11.6 Å². The summed E-state index contributed by atoms with van der Waals surface area (Å²) in [5.74, 6) is 0. The van der Waals surface area contributed by atoms with E-state index in [-0.39, 0.29) is 10.3 Å². The molecular weight excluding hydrogens is 380 g/mol. The van der Waals surface area contributed by atoms with Crippen LogP contribution in [-0.2, 0) is 21.9 Å². The highest BCUT2D eigenvalue weighted by Crippen LogP contribution is 2.28. The average molecular weight is 405 g/mol. The largest absolute Gasteiger partial charge is 0.357 e. The number of para-hydroxylation sites is 1.